The molecule has 0 aliphatic heterocycles. The first-order chi connectivity index (χ1) is 9.47. The molecule has 0 radical (unpaired) electrons. The largest absolute Gasteiger partial charge is 0.460 e. The first-order valence-corrected chi connectivity index (χ1v) is 6.36. The quantitative estimate of drug-likeness (QED) is 0.839. The Morgan fingerprint density at radius 1 is 1.15 bits per heavy atom. The van der Waals surface area contributed by atoms with Crippen LogP contribution < -0.4 is 10.9 Å². The van der Waals surface area contributed by atoms with Crippen LogP contribution in [0.1, 0.15) is 33.0 Å². The molecule has 104 valence electrons. The van der Waals surface area contributed by atoms with Crippen molar-refractivity contribution in [3.05, 3.63) is 65.1 Å². The van der Waals surface area contributed by atoms with E-state index < -0.39 is 0 Å². The maximum Gasteiger partial charge on any atom is 0.269 e. The standard InChI is InChI=1S/C16H18N2O2/c1-10-6-5-7-14(8-10)16(19)18-17-13(4)15-11(2)9-12(3)20-15/h5-9,17H,4H2,1-3H3,(H,18,19). The molecule has 2 N–H and O–H groups in total. The number of hydrogen-bond acceptors (Lipinski definition) is 3. The lowest BCUT2D eigenvalue weighted by Gasteiger charge is -2.10. The minimum Gasteiger partial charge on any atom is -0.460 e. The predicted molar refractivity (Wildman–Crippen MR) is 79.0 cm³/mol. The van der Waals surface area contributed by atoms with Crippen molar-refractivity contribution in [1.82, 2.24) is 10.9 Å². The number of hydrogen-bond donors (Lipinski definition) is 2. The third kappa shape index (κ3) is 3.09. The van der Waals surface area contributed by atoms with Gasteiger partial charge in [-0.1, -0.05) is 24.3 Å². The molecule has 1 amide bonds. The fourth-order valence-corrected chi connectivity index (χ4v) is 1.99. The minimum absolute atomic E-state index is 0.212. The van der Waals surface area contributed by atoms with E-state index in [-0.39, 0.29) is 5.91 Å². The van der Waals surface area contributed by atoms with E-state index in [1.165, 1.54) is 0 Å². The van der Waals surface area contributed by atoms with Gasteiger partial charge in [0.1, 0.15) is 5.76 Å². The fraction of sp³-hybridized carbons (Fsp3) is 0.188. The third-order valence-electron chi connectivity index (χ3n) is 2.92. The van der Waals surface area contributed by atoms with Crippen molar-refractivity contribution in [1.29, 1.82) is 0 Å². The van der Waals surface area contributed by atoms with Crippen molar-refractivity contribution >= 4 is 11.6 Å². The van der Waals surface area contributed by atoms with Crippen LogP contribution in [0.15, 0.2) is 41.3 Å². The number of rotatable bonds is 4. The van der Waals surface area contributed by atoms with Gasteiger partial charge in [-0.3, -0.25) is 15.6 Å². The average molecular weight is 270 g/mol. The van der Waals surface area contributed by atoms with Gasteiger partial charge in [0.2, 0.25) is 0 Å². The fourth-order valence-electron chi connectivity index (χ4n) is 1.99. The van der Waals surface area contributed by atoms with Crippen molar-refractivity contribution in [3.8, 4) is 0 Å². The van der Waals surface area contributed by atoms with Gasteiger partial charge in [0.05, 0.1) is 5.70 Å². The highest BCUT2D eigenvalue weighted by molar-refractivity contribution is 5.94. The lowest BCUT2D eigenvalue weighted by molar-refractivity contribution is 0.0942. The minimum atomic E-state index is -0.212. The molecular formula is C16H18N2O2. The van der Waals surface area contributed by atoms with E-state index in [1.807, 2.05) is 45.0 Å². The smallest absolute Gasteiger partial charge is 0.269 e. The molecule has 0 saturated carbocycles. The number of amides is 1. The molecule has 1 aromatic carbocycles. The zero-order chi connectivity index (χ0) is 14.7. The van der Waals surface area contributed by atoms with Gasteiger partial charge in [-0.15, -0.1) is 0 Å². The Morgan fingerprint density at radius 3 is 2.50 bits per heavy atom. The van der Waals surface area contributed by atoms with Crippen molar-refractivity contribution in [2.24, 2.45) is 0 Å². The molecule has 1 aromatic heterocycles. The number of carbonyl (C=O) groups excluding carboxylic acids is 1. The van der Waals surface area contributed by atoms with Crippen LogP contribution in [-0.4, -0.2) is 5.91 Å². The van der Waals surface area contributed by atoms with E-state index in [4.69, 9.17) is 4.42 Å². The van der Waals surface area contributed by atoms with Gasteiger partial charge < -0.3 is 4.42 Å². The Kier molecular flexibility index (Phi) is 3.94. The number of aryl methyl sites for hydroxylation is 3. The number of carbonyl (C=O) groups is 1. The summed E-state index contributed by atoms with van der Waals surface area (Å²) < 4.78 is 5.52. The number of furan rings is 1. The highest BCUT2D eigenvalue weighted by atomic mass is 16.3. The molecule has 0 fully saturated rings. The lowest BCUT2D eigenvalue weighted by Crippen LogP contribution is -2.35. The Balaban J connectivity index is 2.00. The molecule has 2 rings (SSSR count). The van der Waals surface area contributed by atoms with Gasteiger partial charge in [-0.25, -0.2) is 0 Å². The van der Waals surface area contributed by atoms with Crippen LogP contribution in [0, 0.1) is 20.8 Å². The molecular weight excluding hydrogens is 252 g/mol. The normalized spacial score (nSPS) is 10.2. The van der Waals surface area contributed by atoms with Crippen LogP contribution in [0.4, 0.5) is 0 Å². The summed E-state index contributed by atoms with van der Waals surface area (Å²) in [5, 5.41) is 0. The first kappa shape index (κ1) is 13.9. The van der Waals surface area contributed by atoms with Crippen molar-refractivity contribution in [2.45, 2.75) is 20.8 Å². The molecule has 0 saturated heterocycles. The molecule has 4 nitrogen and oxygen atoms in total. The summed E-state index contributed by atoms with van der Waals surface area (Å²) in [6.07, 6.45) is 0. The lowest BCUT2D eigenvalue weighted by atomic mass is 10.1. The summed E-state index contributed by atoms with van der Waals surface area (Å²) in [6, 6.07) is 9.29. The highest BCUT2D eigenvalue weighted by Crippen LogP contribution is 2.18. The molecule has 0 unspecified atom stereocenters. The molecule has 0 bridgehead atoms. The van der Waals surface area contributed by atoms with Crippen molar-refractivity contribution < 1.29 is 9.21 Å². The Hall–Kier alpha value is -2.49. The van der Waals surface area contributed by atoms with E-state index in [0.717, 1.165) is 16.9 Å². The zero-order valence-corrected chi connectivity index (χ0v) is 11.9. The van der Waals surface area contributed by atoms with Crippen LogP contribution in [-0.2, 0) is 0 Å². The van der Waals surface area contributed by atoms with E-state index >= 15 is 0 Å². The zero-order valence-electron chi connectivity index (χ0n) is 11.9. The van der Waals surface area contributed by atoms with Gasteiger partial charge in [0.25, 0.3) is 5.91 Å². The topological polar surface area (TPSA) is 54.3 Å². The first-order valence-electron chi connectivity index (χ1n) is 6.36. The molecule has 0 atom stereocenters. The molecule has 2 aromatic rings. The average Bonchev–Trinajstić information content (AvgIpc) is 2.74. The van der Waals surface area contributed by atoms with Crippen LogP contribution in [0.25, 0.3) is 5.70 Å². The van der Waals surface area contributed by atoms with E-state index in [1.54, 1.807) is 6.07 Å². The van der Waals surface area contributed by atoms with Crippen molar-refractivity contribution in [3.63, 3.8) is 0 Å². The molecule has 0 aliphatic carbocycles. The number of nitrogens with one attached hydrogen (secondary N) is 2. The maximum atomic E-state index is 12.0. The Bertz CT molecular complexity index is 656. The SMILES string of the molecule is C=C(NNC(=O)c1cccc(C)c1)c1oc(C)cc1C. The maximum absolute atomic E-state index is 12.0. The van der Waals surface area contributed by atoms with Crippen molar-refractivity contribution in [2.75, 3.05) is 0 Å². The van der Waals surface area contributed by atoms with E-state index in [9.17, 15) is 4.79 Å². The van der Waals surface area contributed by atoms with Gasteiger partial charge in [-0.05, 0) is 44.5 Å². The molecule has 1 heterocycles. The molecule has 4 heteroatoms. The second kappa shape index (κ2) is 5.65. The van der Waals surface area contributed by atoms with Crippen LogP contribution in [0.5, 0.6) is 0 Å². The van der Waals surface area contributed by atoms with Gasteiger partial charge in [0.15, 0.2) is 5.76 Å². The monoisotopic (exact) mass is 270 g/mol. The summed E-state index contributed by atoms with van der Waals surface area (Å²) in [4.78, 5) is 12.0. The van der Waals surface area contributed by atoms with Crippen LogP contribution in [0.2, 0.25) is 0 Å². The van der Waals surface area contributed by atoms with Crippen LogP contribution >= 0.6 is 0 Å². The second-order valence-electron chi connectivity index (χ2n) is 4.80. The summed E-state index contributed by atoms with van der Waals surface area (Å²) in [5.74, 6) is 1.24. The highest BCUT2D eigenvalue weighted by Gasteiger charge is 2.10. The summed E-state index contributed by atoms with van der Waals surface area (Å²) in [6.45, 7) is 9.61. The van der Waals surface area contributed by atoms with Crippen LogP contribution in [0.3, 0.4) is 0 Å². The molecule has 0 spiro atoms. The second-order valence-corrected chi connectivity index (χ2v) is 4.80. The van der Waals surface area contributed by atoms with E-state index in [2.05, 4.69) is 17.4 Å². The van der Waals surface area contributed by atoms with Gasteiger partial charge in [0, 0.05) is 5.56 Å². The summed E-state index contributed by atoms with van der Waals surface area (Å²) in [7, 11) is 0. The van der Waals surface area contributed by atoms with E-state index in [0.29, 0.717) is 17.0 Å². The Labute approximate surface area is 118 Å². The predicted octanol–water partition coefficient (Wildman–Crippen LogP) is 3.11. The Morgan fingerprint density at radius 2 is 1.90 bits per heavy atom. The molecule has 0 aliphatic rings. The third-order valence-corrected chi connectivity index (χ3v) is 2.92. The molecule has 20 heavy (non-hydrogen) atoms. The number of benzene rings is 1. The number of hydrazine groups is 1. The summed E-state index contributed by atoms with van der Waals surface area (Å²) in [5.41, 5.74) is 8.53. The van der Waals surface area contributed by atoms with Gasteiger partial charge >= 0.3 is 0 Å². The van der Waals surface area contributed by atoms with Gasteiger partial charge in [-0.2, -0.15) is 0 Å². The summed E-state index contributed by atoms with van der Waals surface area (Å²) >= 11 is 0.